The number of hydrogen-bond acceptors (Lipinski definition) is 1. The summed E-state index contributed by atoms with van der Waals surface area (Å²) >= 11 is 0. The minimum atomic E-state index is 0.166. The van der Waals surface area contributed by atoms with Gasteiger partial charge in [0.05, 0.1) is 11.7 Å². The van der Waals surface area contributed by atoms with Gasteiger partial charge in [0.2, 0.25) is 0 Å². The van der Waals surface area contributed by atoms with E-state index >= 15 is 0 Å². The van der Waals surface area contributed by atoms with E-state index in [1.54, 1.807) is 5.56 Å². The Kier molecular flexibility index (Phi) is 5.26. The SMILES string of the molecule is CCc1ccccc1CCCC(C)CCC1OC1(C)C. The highest BCUT2D eigenvalue weighted by Gasteiger charge is 2.46. The number of epoxide rings is 1. The number of ether oxygens (including phenoxy) is 1. The molecule has 0 radical (unpaired) electrons. The lowest BCUT2D eigenvalue weighted by Crippen LogP contribution is -2.05. The molecule has 2 unspecified atom stereocenters. The van der Waals surface area contributed by atoms with Crippen molar-refractivity contribution in [2.45, 2.75) is 77.9 Å². The average molecular weight is 274 g/mol. The predicted octanol–water partition coefficient (Wildman–Crippen LogP) is 5.17. The smallest absolute Gasteiger partial charge is 0.0892 e. The van der Waals surface area contributed by atoms with Crippen molar-refractivity contribution >= 4 is 0 Å². The van der Waals surface area contributed by atoms with Gasteiger partial charge in [-0.15, -0.1) is 0 Å². The van der Waals surface area contributed by atoms with Crippen LogP contribution < -0.4 is 0 Å². The number of hydrogen-bond donors (Lipinski definition) is 0. The van der Waals surface area contributed by atoms with Crippen molar-refractivity contribution in [3.05, 3.63) is 35.4 Å². The second-order valence-electron chi connectivity index (χ2n) is 6.91. The Hall–Kier alpha value is -0.820. The van der Waals surface area contributed by atoms with Crippen LogP contribution in [0.5, 0.6) is 0 Å². The summed E-state index contributed by atoms with van der Waals surface area (Å²) in [4.78, 5) is 0. The molecule has 1 fully saturated rings. The third-order valence-electron chi connectivity index (χ3n) is 4.73. The van der Waals surface area contributed by atoms with E-state index in [9.17, 15) is 0 Å². The first-order valence-corrected chi connectivity index (χ1v) is 8.27. The molecule has 20 heavy (non-hydrogen) atoms. The van der Waals surface area contributed by atoms with Crippen LogP contribution in [0, 0.1) is 5.92 Å². The molecule has 0 saturated carbocycles. The summed E-state index contributed by atoms with van der Waals surface area (Å²) in [6.45, 7) is 9.04. The van der Waals surface area contributed by atoms with Crippen LogP contribution in [0.4, 0.5) is 0 Å². The van der Waals surface area contributed by atoms with E-state index < -0.39 is 0 Å². The quantitative estimate of drug-likeness (QED) is 0.596. The summed E-state index contributed by atoms with van der Waals surface area (Å²) in [6.07, 6.45) is 8.10. The molecule has 112 valence electrons. The third-order valence-corrected chi connectivity index (χ3v) is 4.73. The molecule has 2 rings (SSSR count). The van der Waals surface area contributed by atoms with Crippen LogP contribution in [-0.2, 0) is 17.6 Å². The lowest BCUT2D eigenvalue weighted by atomic mass is 9.93. The molecule has 2 atom stereocenters. The number of benzene rings is 1. The highest BCUT2D eigenvalue weighted by atomic mass is 16.6. The van der Waals surface area contributed by atoms with Gasteiger partial charge in [0.1, 0.15) is 0 Å². The first-order chi connectivity index (χ1) is 9.53. The third kappa shape index (κ3) is 4.34. The Morgan fingerprint density at radius 2 is 1.80 bits per heavy atom. The Labute approximate surface area is 124 Å². The molecule has 0 bridgehead atoms. The van der Waals surface area contributed by atoms with E-state index in [2.05, 4.69) is 52.0 Å². The molecular weight excluding hydrogens is 244 g/mol. The molecule has 0 aromatic heterocycles. The number of aryl methyl sites for hydroxylation is 2. The van der Waals surface area contributed by atoms with Crippen molar-refractivity contribution in [3.63, 3.8) is 0 Å². The molecule has 0 spiro atoms. The molecule has 0 amide bonds. The Morgan fingerprint density at radius 3 is 2.40 bits per heavy atom. The molecule has 1 aromatic rings. The summed E-state index contributed by atoms with van der Waals surface area (Å²) < 4.78 is 5.66. The van der Waals surface area contributed by atoms with Crippen LogP contribution in [0.2, 0.25) is 0 Å². The average Bonchev–Trinajstić information content (AvgIpc) is 3.04. The highest BCUT2D eigenvalue weighted by Crippen LogP contribution is 2.39. The maximum atomic E-state index is 5.66. The van der Waals surface area contributed by atoms with Gasteiger partial charge in [-0.25, -0.2) is 0 Å². The van der Waals surface area contributed by atoms with Crippen LogP contribution >= 0.6 is 0 Å². The first kappa shape index (κ1) is 15.6. The second kappa shape index (κ2) is 6.76. The van der Waals surface area contributed by atoms with E-state index in [0.717, 1.165) is 12.3 Å². The van der Waals surface area contributed by atoms with Crippen molar-refractivity contribution in [3.8, 4) is 0 Å². The minimum absolute atomic E-state index is 0.166. The van der Waals surface area contributed by atoms with Gasteiger partial charge >= 0.3 is 0 Å². The summed E-state index contributed by atoms with van der Waals surface area (Å²) in [7, 11) is 0. The van der Waals surface area contributed by atoms with Crippen LogP contribution in [0.25, 0.3) is 0 Å². The van der Waals surface area contributed by atoms with Gasteiger partial charge < -0.3 is 4.74 Å². The normalized spacial score (nSPS) is 21.7. The fourth-order valence-electron chi connectivity index (χ4n) is 3.11. The zero-order valence-electron chi connectivity index (χ0n) is 13.6. The Morgan fingerprint density at radius 1 is 1.15 bits per heavy atom. The van der Waals surface area contributed by atoms with Crippen molar-refractivity contribution in [1.82, 2.24) is 0 Å². The monoisotopic (exact) mass is 274 g/mol. The minimum Gasteiger partial charge on any atom is -0.367 e. The largest absolute Gasteiger partial charge is 0.367 e. The molecule has 1 aliphatic rings. The molecule has 1 saturated heterocycles. The summed E-state index contributed by atoms with van der Waals surface area (Å²) in [5, 5.41) is 0. The van der Waals surface area contributed by atoms with Gasteiger partial charge in [-0.3, -0.25) is 0 Å². The molecule has 0 aliphatic carbocycles. The van der Waals surface area contributed by atoms with Crippen LogP contribution in [0.1, 0.15) is 64.5 Å². The van der Waals surface area contributed by atoms with E-state index in [-0.39, 0.29) is 5.60 Å². The van der Waals surface area contributed by atoms with Gasteiger partial charge in [-0.1, -0.05) is 44.5 Å². The van der Waals surface area contributed by atoms with Gasteiger partial charge in [-0.2, -0.15) is 0 Å². The second-order valence-corrected chi connectivity index (χ2v) is 6.91. The highest BCUT2D eigenvalue weighted by molar-refractivity contribution is 5.27. The fourth-order valence-corrected chi connectivity index (χ4v) is 3.11. The van der Waals surface area contributed by atoms with Crippen LogP contribution in [-0.4, -0.2) is 11.7 Å². The summed E-state index contributed by atoms with van der Waals surface area (Å²) in [5.41, 5.74) is 3.24. The predicted molar refractivity (Wildman–Crippen MR) is 86.1 cm³/mol. The van der Waals surface area contributed by atoms with E-state index in [4.69, 9.17) is 4.74 Å². The zero-order chi connectivity index (χ0) is 14.6. The molecular formula is C19H30O. The van der Waals surface area contributed by atoms with Crippen LogP contribution in [0.3, 0.4) is 0 Å². The van der Waals surface area contributed by atoms with Gasteiger partial charge in [-0.05, 0) is 63.0 Å². The Balaban J connectivity index is 1.65. The van der Waals surface area contributed by atoms with Crippen molar-refractivity contribution < 1.29 is 4.74 Å². The lowest BCUT2D eigenvalue weighted by Gasteiger charge is -2.12. The van der Waals surface area contributed by atoms with Crippen molar-refractivity contribution in [1.29, 1.82) is 0 Å². The first-order valence-electron chi connectivity index (χ1n) is 8.27. The lowest BCUT2D eigenvalue weighted by molar-refractivity contribution is 0.312. The molecule has 1 nitrogen and oxygen atoms in total. The van der Waals surface area contributed by atoms with E-state index in [1.165, 1.54) is 37.7 Å². The zero-order valence-corrected chi connectivity index (χ0v) is 13.6. The number of rotatable bonds is 8. The maximum absolute atomic E-state index is 5.66. The van der Waals surface area contributed by atoms with Gasteiger partial charge in [0, 0.05) is 0 Å². The molecule has 1 heterocycles. The van der Waals surface area contributed by atoms with Crippen LogP contribution in [0.15, 0.2) is 24.3 Å². The van der Waals surface area contributed by atoms with Gasteiger partial charge in [0.25, 0.3) is 0 Å². The molecule has 1 heteroatoms. The topological polar surface area (TPSA) is 12.5 Å². The van der Waals surface area contributed by atoms with Crippen molar-refractivity contribution in [2.24, 2.45) is 5.92 Å². The fraction of sp³-hybridized carbons (Fsp3) is 0.684. The molecule has 1 aromatic carbocycles. The summed E-state index contributed by atoms with van der Waals surface area (Å²) in [6, 6.07) is 8.89. The summed E-state index contributed by atoms with van der Waals surface area (Å²) in [5.74, 6) is 0.823. The van der Waals surface area contributed by atoms with E-state index in [1.807, 2.05) is 0 Å². The maximum Gasteiger partial charge on any atom is 0.0892 e. The molecule has 0 N–H and O–H groups in total. The molecule has 1 aliphatic heterocycles. The standard InChI is InChI=1S/C19H30O/c1-5-16-10-6-7-11-17(16)12-8-9-15(2)13-14-18-19(3,4)20-18/h6-7,10-11,15,18H,5,8-9,12-14H2,1-4H3. The van der Waals surface area contributed by atoms with Crippen molar-refractivity contribution in [2.75, 3.05) is 0 Å². The Bertz CT molecular complexity index is 422. The van der Waals surface area contributed by atoms with Gasteiger partial charge in [0.15, 0.2) is 0 Å². The van der Waals surface area contributed by atoms with E-state index in [0.29, 0.717) is 6.10 Å².